The molecule has 1 heterocycles. The zero-order valence-electron chi connectivity index (χ0n) is 15.9. The third-order valence-electron chi connectivity index (χ3n) is 4.67. The summed E-state index contributed by atoms with van der Waals surface area (Å²) in [5.74, 6) is -0.0905. The molecular weight excluding hydrogens is 372 g/mol. The number of hydrogen-bond acceptors (Lipinski definition) is 3. The normalized spacial score (nSPS) is 10.5. The Bertz CT molecular complexity index is 1000. The summed E-state index contributed by atoms with van der Waals surface area (Å²) in [5.41, 5.74) is 4.48. The molecule has 3 aromatic rings. The maximum Gasteiger partial charge on any atom is 0.228 e. The van der Waals surface area contributed by atoms with Gasteiger partial charge in [0.15, 0.2) is 0 Å². The molecule has 0 spiro atoms. The number of nitrogens with zero attached hydrogens (tertiary/aromatic N) is 4. The van der Waals surface area contributed by atoms with E-state index in [2.05, 4.69) is 11.2 Å². The number of carbonyl (C=O) groups excluding carboxylic acids is 1. The number of halogens is 1. The highest BCUT2D eigenvalue weighted by Crippen LogP contribution is 2.21. The molecule has 0 atom stereocenters. The number of carbonyl (C=O) groups is 1. The van der Waals surface area contributed by atoms with Gasteiger partial charge in [0.2, 0.25) is 5.91 Å². The van der Waals surface area contributed by atoms with Gasteiger partial charge in [0.1, 0.15) is 6.54 Å². The molecule has 0 unspecified atom stereocenters. The fraction of sp³-hybridized carbons (Fsp3) is 0.227. The van der Waals surface area contributed by atoms with Crippen molar-refractivity contribution in [3.05, 3.63) is 82.1 Å². The van der Waals surface area contributed by atoms with Gasteiger partial charge in [-0.2, -0.15) is 10.4 Å². The van der Waals surface area contributed by atoms with E-state index >= 15 is 0 Å². The number of benzene rings is 2. The number of nitriles is 1. The Balaban J connectivity index is 1.82. The maximum absolute atomic E-state index is 12.9. The minimum Gasteiger partial charge on any atom is -0.325 e. The summed E-state index contributed by atoms with van der Waals surface area (Å²) >= 11 is 5.97. The van der Waals surface area contributed by atoms with Crippen molar-refractivity contribution in [2.75, 3.05) is 6.54 Å². The van der Waals surface area contributed by atoms with E-state index < -0.39 is 0 Å². The van der Waals surface area contributed by atoms with Gasteiger partial charge in [-0.15, -0.1) is 0 Å². The molecule has 1 amide bonds. The third-order valence-corrected chi connectivity index (χ3v) is 4.92. The van der Waals surface area contributed by atoms with Crippen molar-refractivity contribution in [2.24, 2.45) is 0 Å². The first kappa shape index (κ1) is 19.7. The van der Waals surface area contributed by atoms with Gasteiger partial charge in [0.25, 0.3) is 0 Å². The van der Waals surface area contributed by atoms with Gasteiger partial charge >= 0.3 is 0 Å². The van der Waals surface area contributed by atoms with Crippen molar-refractivity contribution in [3.8, 4) is 11.8 Å². The highest BCUT2D eigenvalue weighted by Gasteiger charge is 2.20. The van der Waals surface area contributed by atoms with E-state index in [1.165, 1.54) is 0 Å². The second-order valence-corrected chi connectivity index (χ2v) is 7.04. The zero-order chi connectivity index (χ0) is 20.1. The molecule has 0 N–H and O–H groups in total. The summed E-state index contributed by atoms with van der Waals surface area (Å²) in [5, 5.41) is 14.4. The maximum atomic E-state index is 12.9. The number of rotatable bonds is 6. The average Bonchev–Trinajstić information content (AvgIpc) is 2.97. The van der Waals surface area contributed by atoms with Crippen LogP contribution in [0.15, 0.2) is 54.6 Å². The Morgan fingerprint density at radius 1 is 1.14 bits per heavy atom. The fourth-order valence-electron chi connectivity index (χ4n) is 3.15. The topological polar surface area (TPSA) is 61.9 Å². The molecule has 0 aliphatic rings. The van der Waals surface area contributed by atoms with Crippen molar-refractivity contribution in [2.45, 2.75) is 26.8 Å². The van der Waals surface area contributed by atoms with Crippen LogP contribution in [0.25, 0.3) is 5.69 Å². The summed E-state index contributed by atoms with van der Waals surface area (Å²) in [6.07, 6.45) is 0.208. The van der Waals surface area contributed by atoms with Gasteiger partial charge in [0.05, 0.1) is 23.9 Å². The van der Waals surface area contributed by atoms with Crippen LogP contribution in [0.2, 0.25) is 5.02 Å². The van der Waals surface area contributed by atoms with Crippen LogP contribution in [0.3, 0.4) is 0 Å². The first-order chi connectivity index (χ1) is 13.5. The minimum atomic E-state index is -0.0905. The molecule has 0 fully saturated rings. The summed E-state index contributed by atoms with van der Waals surface area (Å²) in [4.78, 5) is 14.5. The molecule has 0 saturated heterocycles. The Kier molecular flexibility index (Phi) is 6.13. The van der Waals surface area contributed by atoms with Gasteiger partial charge in [-0.05, 0) is 43.7 Å². The summed E-state index contributed by atoms with van der Waals surface area (Å²) < 4.78 is 1.82. The van der Waals surface area contributed by atoms with Crippen molar-refractivity contribution >= 4 is 17.5 Å². The lowest BCUT2D eigenvalue weighted by molar-refractivity contribution is -0.130. The van der Waals surface area contributed by atoms with Crippen LogP contribution in [0.4, 0.5) is 0 Å². The smallest absolute Gasteiger partial charge is 0.228 e. The van der Waals surface area contributed by atoms with E-state index in [9.17, 15) is 4.79 Å². The molecule has 0 radical (unpaired) electrons. The molecule has 0 aliphatic heterocycles. The number of hydrogen-bond donors (Lipinski definition) is 0. The van der Waals surface area contributed by atoms with E-state index in [4.69, 9.17) is 16.9 Å². The van der Waals surface area contributed by atoms with Gasteiger partial charge in [-0.3, -0.25) is 4.79 Å². The monoisotopic (exact) mass is 392 g/mol. The molecule has 5 nitrogen and oxygen atoms in total. The van der Waals surface area contributed by atoms with Gasteiger partial charge in [-0.1, -0.05) is 41.9 Å². The van der Waals surface area contributed by atoms with Crippen LogP contribution >= 0.6 is 11.6 Å². The van der Waals surface area contributed by atoms with Crippen LogP contribution in [-0.2, 0) is 17.8 Å². The molecule has 0 bridgehead atoms. The lowest BCUT2D eigenvalue weighted by Gasteiger charge is -2.20. The second-order valence-electron chi connectivity index (χ2n) is 6.61. The predicted octanol–water partition coefficient (Wildman–Crippen LogP) is 4.24. The molecule has 2 aromatic carbocycles. The Morgan fingerprint density at radius 2 is 1.82 bits per heavy atom. The summed E-state index contributed by atoms with van der Waals surface area (Å²) in [6.45, 7) is 4.31. The molecule has 0 aliphatic carbocycles. The van der Waals surface area contributed by atoms with Crippen molar-refractivity contribution in [1.82, 2.24) is 14.7 Å². The highest BCUT2D eigenvalue weighted by molar-refractivity contribution is 6.30. The second kappa shape index (κ2) is 8.73. The van der Waals surface area contributed by atoms with Crippen molar-refractivity contribution < 1.29 is 4.79 Å². The quantitative estimate of drug-likeness (QED) is 0.589. The van der Waals surface area contributed by atoms with Crippen LogP contribution in [0.1, 0.15) is 22.5 Å². The fourth-order valence-corrected chi connectivity index (χ4v) is 3.27. The molecule has 28 heavy (non-hydrogen) atoms. The molecule has 1 aromatic heterocycles. The standard InChI is InChI=1S/C22H21ClN4O/c1-16-21(17(2)27(25-16)20-10-8-19(23)9-11-20)14-22(28)26(13-12-24)15-18-6-4-3-5-7-18/h3-11H,13-15H2,1-2H3. The summed E-state index contributed by atoms with van der Waals surface area (Å²) in [6, 6.07) is 19.2. The summed E-state index contributed by atoms with van der Waals surface area (Å²) in [7, 11) is 0. The van der Waals surface area contributed by atoms with Crippen molar-refractivity contribution in [1.29, 1.82) is 5.26 Å². The molecule has 142 valence electrons. The Hall–Kier alpha value is -3.10. The largest absolute Gasteiger partial charge is 0.325 e. The SMILES string of the molecule is Cc1nn(-c2ccc(Cl)cc2)c(C)c1CC(=O)N(CC#N)Cc1ccccc1. The number of aromatic nitrogens is 2. The molecule has 3 rings (SSSR count). The third kappa shape index (κ3) is 4.41. The predicted molar refractivity (Wildman–Crippen MR) is 109 cm³/mol. The van der Waals surface area contributed by atoms with Crippen LogP contribution < -0.4 is 0 Å². The lowest BCUT2D eigenvalue weighted by atomic mass is 10.1. The average molecular weight is 393 g/mol. The van der Waals surface area contributed by atoms with Gasteiger partial charge in [0, 0.05) is 22.8 Å². The zero-order valence-corrected chi connectivity index (χ0v) is 16.6. The first-order valence-electron chi connectivity index (χ1n) is 8.99. The van der Waals surface area contributed by atoms with Gasteiger partial charge < -0.3 is 4.90 Å². The minimum absolute atomic E-state index is 0.0527. The number of amides is 1. The molecule has 6 heteroatoms. The highest BCUT2D eigenvalue weighted by atomic mass is 35.5. The van der Waals surface area contributed by atoms with E-state index in [-0.39, 0.29) is 18.9 Å². The van der Waals surface area contributed by atoms with Crippen LogP contribution in [0, 0.1) is 25.2 Å². The lowest BCUT2D eigenvalue weighted by Crippen LogP contribution is -2.32. The molecule has 0 saturated carbocycles. The Morgan fingerprint density at radius 3 is 2.46 bits per heavy atom. The van der Waals surface area contributed by atoms with E-state index in [1.54, 1.807) is 4.90 Å². The van der Waals surface area contributed by atoms with Crippen molar-refractivity contribution in [3.63, 3.8) is 0 Å². The number of aryl methyl sites for hydroxylation is 1. The van der Waals surface area contributed by atoms with E-state index in [0.717, 1.165) is 28.2 Å². The first-order valence-corrected chi connectivity index (χ1v) is 9.37. The van der Waals surface area contributed by atoms with Crippen LogP contribution in [0.5, 0.6) is 0 Å². The van der Waals surface area contributed by atoms with Crippen LogP contribution in [-0.4, -0.2) is 27.1 Å². The van der Waals surface area contributed by atoms with Gasteiger partial charge in [-0.25, -0.2) is 4.68 Å². The van der Waals surface area contributed by atoms with E-state index in [1.807, 2.05) is 73.1 Å². The Labute approximate surface area is 169 Å². The molecular formula is C22H21ClN4O. The van der Waals surface area contributed by atoms with E-state index in [0.29, 0.717) is 11.6 Å².